The van der Waals surface area contributed by atoms with Crippen molar-refractivity contribution in [2.24, 2.45) is 5.14 Å². The van der Waals surface area contributed by atoms with E-state index in [0.717, 1.165) is 11.6 Å². The van der Waals surface area contributed by atoms with Crippen molar-refractivity contribution in [3.8, 4) is 5.75 Å². The number of anilines is 3. The summed E-state index contributed by atoms with van der Waals surface area (Å²) in [6.07, 6.45) is 6.49. The number of nitrogens with one attached hydrogen (secondary N) is 2. The van der Waals surface area contributed by atoms with Gasteiger partial charge in [-0.05, 0) is 42.3 Å². The van der Waals surface area contributed by atoms with Crippen LogP contribution in [0.2, 0.25) is 5.02 Å². The maximum absolute atomic E-state index is 14.1. The van der Waals surface area contributed by atoms with E-state index < -0.39 is 15.8 Å². The fourth-order valence-corrected chi connectivity index (χ4v) is 3.37. The van der Waals surface area contributed by atoms with Crippen molar-refractivity contribution in [2.75, 3.05) is 17.7 Å². The van der Waals surface area contributed by atoms with Gasteiger partial charge in [0.05, 0.1) is 18.3 Å². The minimum atomic E-state index is -3.75. The molecule has 1 aromatic carbocycles. The Kier molecular flexibility index (Phi) is 6.16. The highest BCUT2D eigenvalue weighted by Gasteiger charge is 2.11. The molecular weight excluding hydrogens is 421 g/mol. The molecule has 0 bridgehead atoms. The SMILES string of the molecule is COc1ccc(Nc2nc(NC3=CC(=CS(N)(=O)=O)CC=C3)ncc2F)cc1Cl. The number of benzene rings is 1. The van der Waals surface area contributed by atoms with Crippen molar-refractivity contribution >= 4 is 39.1 Å². The highest BCUT2D eigenvalue weighted by atomic mass is 35.5. The normalized spacial score (nSPS) is 15.2. The fraction of sp³-hybridized carbons (Fsp3) is 0.111. The molecule has 0 saturated heterocycles. The van der Waals surface area contributed by atoms with E-state index in [0.29, 0.717) is 34.2 Å². The standard InChI is InChI=1S/C18H17ClFN5O3S/c1-28-16-6-5-13(8-14(16)19)23-17-15(20)9-22-18(25-17)24-12-4-2-3-11(7-12)10-29(21,26)27/h2,4-10H,3H2,1H3,(H2,21,26,27)(H2,22,23,24,25). The second-order valence-electron chi connectivity index (χ2n) is 5.98. The average Bonchev–Trinajstić information content (AvgIpc) is 2.63. The lowest BCUT2D eigenvalue weighted by atomic mass is 10.1. The van der Waals surface area contributed by atoms with Crippen LogP contribution < -0.4 is 20.5 Å². The zero-order valence-electron chi connectivity index (χ0n) is 15.2. The van der Waals surface area contributed by atoms with Crippen molar-refractivity contribution < 1.29 is 17.5 Å². The molecule has 152 valence electrons. The van der Waals surface area contributed by atoms with Gasteiger partial charge in [0, 0.05) is 16.8 Å². The van der Waals surface area contributed by atoms with E-state index in [4.69, 9.17) is 21.5 Å². The number of hydrogen-bond acceptors (Lipinski definition) is 7. The molecule has 3 rings (SSSR count). The molecule has 0 spiro atoms. The number of nitrogens with two attached hydrogens (primary N) is 1. The van der Waals surface area contributed by atoms with Crippen LogP contribution in [0.25, 0.3) is 0 Å². The lowest BCUT2D eigenvalue weighted by molar-refractivity contribution is 0.415. The Morgan fingerprint density at radius 1 is 1.34 bits per heavy atom. The summed E-state index contributed by atoms with van der Waals surface area (Å²) in [7, 11) is -2.26. The maximum atomic E-state index is 14.1. The summed E-state index contributed by atoms with van der Waals surface area (Å²) in [6, 6.07) is 4.88. The molecular formula is C18H17ClFN5O3S. The third-order valence-electron chi connectivity index (χ3n) is 3.72. The van der Waals surface area contributed by atoms with E-state index in [1.165, 1.54) is 7.11 Å². The predicted octanol–water partition coefficient (Wildman–Crippen LogP) is 3.45. The zero-order valence-corrected chi connectivity index (χ0v) is 16.8. The molecule has 1 aromatic heterocycles. The monoisotopic (exact) mass is 437 g/mol. The van der Waals surface area contributed by atoms with Gasteiger partial charge in [-0.3, -0.25) is 0 Å². The summed E-state index contributed by atoms with van der Waals surface area (Å²) in [5.74, 6) is -0.127. The molecule has 1 heterocycles. The van der Waals surface area contributed by atoms with Crippen LogP contribution in [-0.2, 0) is 10.0 Å². The number of nitrogens with zero attached hydrogens (tertiary/aromatic N) is 2. The number of hydrogen-bond donors (Lipinski definition) is 3. The fourth-order valence-electron chi connectivity index (χ4n) is 2.52. The van der Waals surface area contributed by atoms with Crippen molar-refractivity contribution in [1.82, 2.24) is 9.97 Å². The molecule has 0 saturated carbocycles. The Balaban J connectivity index is 1.81. The van der Waals surface area contributed by atoms with Gasteiger partial charge >= 0.3 is 0 Å². The number of methoxy groups -OCH3 is 1. The highest BCUT2D eigenvalue weighted by Crippen LogP contribution is 2.29. The molecule has 0 amide bonds. The molecule has 4 N–H and O–H groups in total. The van der Waals surface area contributed by atoms with Gasteiger partial charge in [0.1, 0.15) is 5.75 Å². The minimum Gasteiger partial charge on any atom is -0.495 e. The van der Waals surface area contributed by atoms with Gasteiger partial charge in [-0.15, -0.1) is 0 Å². The zero-order chi connectivity index (χ0) is 21.0. The Bertz CT molecular complexity index is 1130. The van der Waals surface area contributed by atoms with E-state index >= 15 is 0 Å². The van der Waals surface area contributed by atoms with Crippen molar-refractivity contribution in [3.05, 3.63) is 70.1 Å². The summed E-state index contributed by atoms with van der Waals surface area (Å²) >= 11 is 6.08. The number of sulfonamides is 1. The van der Waals surface area contributed by atoms with E-state index in [1.54, 1.807) is 36.4 Å². The lowest BCUT2D eigenvalue weighted by Crippen LogP contribution is -2.10. The topological polar surface area (TPSA) is 119 Å². The van der Waals surface area contributed by atoms with Crippen LogP contribution in [0, 0.1) is 5.82 Å². The number of aromatic nitrogens is 2. The number of rotatable bonds is 6. The summed E-state index contributed by atoms with van der Waals surface area (Å²) in [4.78, 5) is 8.01. The predicted molar refractivity (Wildman–Crippen MR) is 110 cm³/mol. The first-order chi connectivity index (χ1) is 13.7. The first-order valence-corrected chi connectivity index (χ1v) is 10.2. The summed E-state index contributed by atoms with van der Waals surface area (Å²) in [5.41, 5.74) is 1.52. The molecule has 1 aliphatic carbocycles. The van der Waals surface area contributed by atoms with Gasteiger partial charge in [0.2, 0.25) is 16.0 Å². The van der Waals surface area contributed by atoms with E-state index in [2.05, 4.69) is 20.6 Å². The number of allylic oxidation sites excluding steroid dienone is 4. The largest absolute Gasteiger partial charge is 0.495 e. The van der Waals surface area contributed by atoms with Gasteiger partial charge in [-0.25, -0.2) is 22.9 Å². The number of ether oxygens (including phenoxy) is 1. The Morgan fingerprint density at radius 3 is 2.83 bits per heavy atom. The quantitative estimate of drug-likeness (QED) is 0.633. The van der Waals surface area contributed by atoms with Crippen LogP contribution in [0.5, 0.6) is 5.75 Å². The molecule has 0 aliphatic heterocycles. The van der Waals surface area contributed by atoms with Crippen molar-refractivity contribution in [2.45, 2.75) is 6.42 Å². The van der Waals surface area contributed by atoms with Gasteiger partial charge in [0.25, 0.3) is 0 Å². The van der Waals surface area contributed by atoms with Crippen LogP contribution in [0.1, 0.15) is 6.42 Å². The third-order valence-corrected chi connectivity index (χ3v) is 4.65. The summed E-state index contributed by atoms with van der Waals surface area (Å²) in [5, 5.41) is 12.1. The molecule has 2 aromatic rings. The smallest absolute Gasteiger partial charge is 0.231 e. The van der Waals surface area contributed by atoms with E-state index in [9.17, 15) is 12.8 Å². The molecule has 29 heavy (non-hydrogen) atoms. The Morgan fingerprint density at radius 2 is 2.14 bits per heavy atom. The molecule has 11 heteroatoms. The van der Waals surface area contributed by atoms with E-state index in [1.807, 2.05) is 0 Å². The second kappa shape index (κ2) is 8.60. The van der Waals surface area contributed by atoms with Crippen LogP contribution in [-0.4, -0.2) is 25.5 Å². The second-order valence-corrected chi connectivity index (χ2v) is 7.80. The van der Waals surface area contributed by atoms with Gasteiger partial charge < -0.3 is 15.4 Å². The van der Waals surface area contributed by atoms with Crippen molar-refractivity contribution in [3.63, 3.8) is 0 Å². The highest BCUT2D eigenvalue weighted by molar-refractivity contribution is 7.92. The summed E-state index contributed by atoms with van der Waals surface area (Å²) in [6.45, 7) is 0. The van der Waals surface area contributed by atoms with Gasteiger partial charge in [-0.1, -0.05) is 17.7 Å². The molecule has 8 nitrogen and oxygen atoms in total. The molecule has 0 radical (unpaired) electrons. The Hall–Kier alpha value is -2.95. The van der Waals surface area contributed by atoms with Crippen LogP contribution in [0.3, 0.4) is 0 Å². The maximum Gasteiger partial charge on any atom is 0.231 e. The van der Waals surface area contributed by atoms with E-state index in [-0.39, 0.29) is 11.8 Å². The van der Waals surface area contributed by atoms with Gasteiger partial charge in [-0.2, -0.15) is 4.98 Å². The lowest BCUT2D eigenvalue weighted by Gasteiger charge is -2.13. The molecule has 0 unspecified atom stereocenters. The first kappa shape index (κ1) is 20.8. The molecule has 1 aliphatic rings. The van der Waals surface area contributed by atoms with Crippen LogP contribution in [0.4, 0.5) is 21.8 Å². The average molecular weight is 438 g/mol. The molecule has 0 atom stereocenters. The number of primary sulfonamides is 1. The van der Waals surface area contributed by atoms with Crippen LogP contribution >= 0.6 is 11.6 Å². The van der Waals surface area contributed by atoms with Gasteiger partial charge in [0.15, 0.2) is 11.6 Å². The number of halogens is 2. The minimum absolute atomic E-state index is 0.0653. The Labute approximate surface area is 172 Å². The third kappa shape index (κ3) is 5.76. The van der Waals surface area contributed by atoms with Crippen LogP contribution in [0.15, 0.2) is 59.3 Å². The summed E-state index contributed by atoms with van der Waals surface area (Å²) < 4.78 is 41.7. The molecule has 0 fully saturated rings. The first-order valence-electron chi connectivity index (χ1n) is 8.25. The van der Waals surface area contributed by atoms with Crippen molar-refractivity contribution in [1.29, 1.82) is 0 Å².